The zero-order valence-electron chi connectivity index (χ0n) is 13.2. The smallest absolute Gasteiger partial charge is 0.242 e. The van der Waals surface area contributed by atoms with E-state index in [2.05, 4.69) is 11.8 Å². The fourth-order valence-corrected chi connectivity index (χ4v) is 3.71. The molecule has 0 aromatic heterocycles. The molecule has 0 spiro atoms. The molecule has 0 aromatic rings. The van der Waals surface area contributed by atoms with Crippen LogP contribution in [0.2, 0.25) is 0 Å². The zero-order chi connectivity index (χ0) is 14.6. The fraction of sp³-hybridized carbons (Fsp3) is 0.938. The first-order valence-corrected chi connectivity index (χ1v) is 8.37. The molecule has 2 aliphatic heterocycles. The van der Waals surface area contributed by atoms with Crippen molar-refractivity contribution in [2.75, 3.05) is 26.2 Å². The van der Waals surface area contributed by atoms with Gasteiger partial charge in [0.25, 0.3) is 0 Å². The number of hydrogen-bond donors (Lipinski definition) is 1. The predicted molar refractivity (Wildman–Crippen MR) is 82.5 cm³/mol. The lowest BCUT2D eigenvalue weighted by molar-refractivity contribution is -0.138. The van der Waals surface area contributed by atoms with Gasteiger partial charge in [0, 0.05) is 19.1 Å². The first-order valence-electron chi connectivity index (χ1n) is 8.37. The number of nitrogens with zero attached hydrogens (tertiary/aromatic N) is 2. The van der Waals surface area contributed by atoms with Crippen LogP contribution in [0.5, 0.6) is 0 Å². The maximum Gasteiger partial charge on any atom is 0.242 e. The van der Waals surface area contributed by atoms with Gasteiger partial charge in [-0.05, 0) is 52.1 Å². The summed E-state index contributed by atoms with van der Waals surface area (Å²) in [7, 11) is 0. The second-order valence-corrected chi connectivity index (χ2v) is 6.79. The molecule has 116 valence electrons. The highest BCUT2D eigenvalue weighted by Crippen LogP contribution is 2.23. The van der Waals surface area contributed by atoms with Gasteiger partial charge in [-0.2, -0.15) is 0 Å². The van der Waals surface area contributed by atoms with Gasteiger partial charge in [-0.25, -0.2) is 0 Å². The van der Waals surface area contributed by atoms with Crippen LogP contribution in [0.4, 0.5) is 0 Å². The van der Waals surface area contributed by atoms with E-state index in [0.717, 1.165) is 38.8 Å². The summed E-state index contributed by atoms with van der Waals surface area (Å²) in [6.45, 7) is 8.25. The average molecular weight is 281 g/mol. The van der Waals surface area contributed by atoms with E-state index in [9.17, 15) is 4.79 Å². The maximum atomic E-state index is 12.5. The standard InChI is InChI=1S/C16H31N3O/c1-3-9-16(2,17)15(20)19-12-7-14(8-13-19)18-10-5-4-6-11-18/h14H,3-13,17H2,1-2H3. The lowest BCUT2D eigenvalue weighted by Crippen LogP contribution is -2.56. The minimum Gasteiger partial charge on any atom is -0.341 e. The normalized spacial score (nSPS) is 25.4. The molecule has 1 unspecified atom stereocenters. The Morgan fingerprint density at radius 1 is 1.15 bits per heavy atom. The van der Waals surface area contributed by atoms with Gasteiger partial charge in [0.1, 0.15) is 0 Å². The molecule has 2 N–H and O–H groups in total. The Morgan fingerprint density at radius 3 is 2.30 bits per heavy atom. The number of piperidine rings is 2. The Bertz CT molecular complexity index is 316. The third-order valence-electron chi connectivity index (χ3n) is 4.92. The molecule has 0 radical (unpaired) electrons. The Morgan fingerprint density at radius 2 is 1.75 bits per heavy atom. The molecule has 2 aliphatic rings. The zero-order valence-corrected chi connectivity index (χ0v) is 13.2. The van der Waals surface area contributed by atoms with Crippen molar-refractivity contribution in [2.24, 2.45) is 5.73 Å². The van der Waals surface area contributed by atoms with Crippen molar-refractivity contribution in [2.45, 2.75) is 70.4 Å². The molecule has 0 bridgehead atoms. The molecule has 2 saturated heterocycles. The van der Waals surface area contributed by atoms with E-state index in [4.69, 9.17) is 5.73 Å². The number of nitrogens with two attached hydrogens (primary N) is 1. The van der Waals surface area contributed by atoms with E-state index < -0.39 is 5.54 Å². The van der Waals surface area contributed by atoms with Crippen LogP contribution in [0.3, 0.4) is 0 Å². The first kappa shape index (κ1) is 15.8. The highest BCUT2D eigenvalue weighted by molar-refractivity contribution is 5.85. The summed E-state index contributed by atoms with van der Waals surface area (Å²) in [6.07, 6.45) is 8.05. The molecule has 0 aromatic carbocycles. The van der Waals surface area contributed by atoms with Crippen LogP contribution in [0.15, 0.2) is 0 Å². The number of hydrogen-bond acceptors (Lipinski definition) is 3. The van der Waals surface area contributed by atoms with Crippen LogP contribution in [0.25, 0.3) is 0 Å². The second kappa shape index (κ2) is 6.90. The highest BCUT2D eigenvalue weighted by atomic mass is 16.2. The highest BCUT2D eigenvalue weighted by Gasteiger charge is 2.34. The van der Waals surface area contributed by atoms with E-state index in [1.54, 1.807) is 0 Å². The number of rotatable bonds is 4. The van der Waals surface area contributed by atoms with Crippen LogP contribution in [0.1, 0.15) is 58.8 Å². The number of carbonyl (C=O) groups is 1. The van der Waals surface area contributed by atoms with Gasteiger partial charge in [-0.3, -0.25) is 4.79 Å². The Hall–Kier alpha value is -0.610. The molecule has 2 rings (SSSR count). The number of likely N-dealkylation sites (tertiary alicyclic amines) is 2. The second-order valence-electron chi connectivity index (χ2n) is 6.79. The summed E-state index contributed by atoms with van der Waals surface area (Å²) in [5.74, 6) is 0.149. The maximum absolute atomic E-state index is 12.5. The number of carbonyl (C=O) groups excluding carboxylic acids is 1. The predicted octanol–water partition coefficient (Wildman–Crippen LogP) is 1.98. The van der Waals surface area contributed by atoms with E-state index in [1.165, 1.54) is 32.4 Å². The molecular weight excluding hydrogens is 250 g/mol. The average Bonchev–Trinajstić information content (AvgIpc) is 2.47. The van der Waals surface area contributed by atoms with E-state index in [-0.39, 0.29) is 5.91 Å². The largest absolute Gasteiger partial charge is 0.341 e. The summed E-state index contributed by atoms with van der Waals surface area (Å²) in [4.78, 5) is 17.1. The van der Waals surface area contributed by atoms with E-state index in [0.29, 0.717) is 6.04 Å². The quantitative estimate of drug-likeness (QED) is 0.857. The lowest BCUT2D eigenvalue weighted by atomic mass is 9.93. The molecule has 4 heteroatoms. The van der Waals surface area contributed by atoms with Crippen LogP contribution in [-0.2, 0) is 4.79 Å². The van der Waals surface area contributed by atoms with Gasteiger partial charge < -0.3 is 15.5 Å². The fourth-order valence-electron chi connectivity index (χ4n) is 3.71. The third-order valence-corrected chi connectivity index (χ3v) is 4.92. The Labute approximate surface area is 123 Å². The molecule has 4 nitrogen and oxygen atoms in total. The van der Waals surface area contributed by atoms with Crippen molar-refractivity contribution in [3.8, 4) is 0 Å². The van der Waals surface area contributed by atoms with Crippen molar-refractivity contribution in [3.05, 3.63) is 0 Å². The van der Waals surface area contributed by atoms with E-state index >= 15 is 0 Å². The monoisotopic (exact) mass is 281 g/mol. The third kappa shape index (κ3) is 3.73. The summed E-state index contributed by atoms with van der Waals surface area (Å²) >= 11 is 0. The van der Waals surface area contributed by atoms with Crippen molar-refractivity contribution in [1.29, 1.82) is 0 Å². The van der Waals surface area contributed by atoms with Crippen LogP contribution in [0, 0.1) is 0 Å². The van der Waals surface area contributed by atoms with Crippen molar-refractivity contribution in [3.63, 3.8) is 0 Å². The van der Waals surface area contributed by atoms with Crippen molar-refractivity contribution >= 4 is 5.91 Å². The van der Waals surface area contributed by atoms with Gasteiger partial charge in [-0.15, -0.1) is 0 Å². The molecule has 1 atom stereocenters. The molecule has 1 amide bonds. The molecular formula is C16H31N3O. The van der Waals surface area contributed by atoms with E-state index in [1.807, 2.05) is 11.8 Å². The minimum atomic E-state index is -0.674. The SMILES string of the molecule is CCCC(C)(N)C(=O)N1CCC(N2CCCCC2)CC1. The molecule has 0 saturated carbocycles. The van der Waals surface area contributed by atoms with Gasteiger partial charge in [0.05, 0.1) is 5.54 Å². The van der Waals surface area contributed by atoms with Gasteiger partial charge in [0.15, 0.2) is 0 Å². The Balaban J connectivity index is 1.82. The summed E-state index contributed by atoms with van der Waals surface area (Å²) < 4.78 is 0. The Kier molecular flexibility index (Phi) is 5.44. The van der Waals surface area contributed by atoms with Gasteiger partial charge in [0.2, 0.25) is 5.91 Å². The van der Waals surface area contributed by atoms with Gasteiger partial charge >= 0.3 is 0 Å². The molecule has 2 fully saturated rings. The number of amides is 1. The molecule has 0 aliphatic carbocycles. The van der Waals surface area contributed by atoms with Crippen molar-refractivity contribution < 1.29 is 4.79 Å². The van der Waals surface area contributed by atoms with Gasteiger partial charge in [-0.1, -0.05) is 19.8 Å². The first-order chi connectivity index (χ1) is 9.54. The van der Waals surface area contributed by atoms with Crippen LogP contribution >= 0.6 is 0 Å². The summed E-state index contributed by atoms with van der Waals surface area (Å²) in [5.41, 5.74) is 5.50. The summed E-state index contributed by atoms with van der Waals surface area (Å²) in [5, 5.41) is 0. The van der Waals surface area contributed by atoms with Crippen LogP contribution in [-0.4, -0.2) is 53.5 Å². The topological polar surface area (TPSA) is 49.6 Å². The van der Waals surface area contributed by atoms with Crippen LogP contribution < -0.4 is 5.73 Å². The lowest BCUT2D eigenvalue weighted by Gasteiger charge is -2.42. The summed E-state index contributed by atoms with van der Waals surface area (Å²) in [6, 6.07) is 0.689. The van der Waals surface area contributed by atoms with Crippen molar-refractivity contribution in [1.82, 2.24) is 9.80 Å². The minimum absolute atomic E-state index is 0.149. The molecule has 2 heterocycles. The molecule has 20 heavy (non-hydrogen) atoms.